The van der Waals surface area contributed by atoms with Gasteiger partial charge < -0.3 is 5.32 Å². The Morgan fingerprint density at radius 2 is 2.08 bits per heavy atom. The molecule has 1 fully saturated rings. The van der Waals surface area contributed by atoms with Gasteiger partial charge in [-0.05, 0) is 18.3 Å². The topological polar surface area (TPSA) is 29.1 Å². The minimum atomic E-state index is -1.35. The average Bonchev–Trinajstić information content (AvgIpc) is 2.64. The number of carbonyl (C=O) groups is 1. The summed E-state index contributed by atoms with van der Waals surface area (Å²) in [6.07, 6.45) is -0.353. The molecule has 0 aromatic rings. The van der Waals surface area contributed by atoms with Gasteiger partial charge in [0.15, 0.2) is 6.17 Å². The van der Waals surface area contributed by atoms with Crippen molar-refractivity contribution in [1.82, 2.24) is 5.32 Å². The lowest BCUT2D eigenvalue weighted by Gasteiger charge is -2.11. The predicted molar refractivity (Wildman–Crippen MR) is 45.4 cm³/mol. The highest BCUT2D eigenvalue weighted by Gasteiger charge is 2.35. The number of nitrogens with one attached hydrogen (secondary N) is 1. The Bertz CT molecular complexity index is 181. The maximum atomic E-state index is 13.0. The molecule has 1 unspecified atom stereocenters. The summed E-state index contributed by atoms with van der Waals surface area (Å²) in [6.45, 7) is 5.47. The lowest BCUT2D eigenvalue weighted by Crippen LogP contribution is -2.36. The summed E-state index contributed by atoms with van der Waals surface area (Å²) in [5.74, 6) is -0.133. The molecule has 0 aromatic heterocycles. The van der Waals surface area contributed by atoms with Gasteiger partial charge in [0.25, 0.3) is 5.91 Å². The van der Waals surface area contributed by atoms with Crippen molar-refractivity contribution in [3.05, 3.63) is 0 Å². The lowest BCUT2D eigenvalue weighted by atomic mass is 10.1. The van der Waals surface area contributed by atoms with Gasteiger partial charge in [0.1, 0.15) is 0 Å². The first-order chi connectivity index (χ1) is 5.52. The number of hydrogen-bond donors (Lipinski definition) is 1. The molecule has 0 radical (unpaired) electrons. The van der Waals surface area contributed by atoms with E-state index in [1.807, 2.05) is 6.92 Å². The van der Waals surface area contributed by atoms with E-state index in [9.17, 15) is 9.18 Å². The number of hydrogen-bond acceptors (Lipinski definition) is 1. The van der Waals surface area contributed by atoms with Crippen LogP contribution < -0.4 is 5.32 Å². The van der Waals surface area contributed by atoms with Crippen LogP contribution in [-0.2, 0) is 4.79 Å². The van der Waals surface area contributed by atoms with Crippen LogP contribution in [0.25, 0.3) is 0 Å². The first kappa shape index (κ1) is 9.49. The highest BCUT2D eigenvalue weighted by atomic mass is 19.1. The fourth-order valence-electron chi connectivity index (χ4n) is 1.09. The zero-order chi connectivity index (χ0) is 9.30. The van der Waals surface area contributed by atoms with Crippen LogP contribution in [0.5, 0.6) is 0 Å². The Morgan fingerprint density at radius 3 is 2.42 bits per heavy atom. The molecule has 1 rings (SSSR count). The van der Waals surface area contributed by atoms with E-state index >= 15 is 0 Å². The molecule has 1 amide bonds. The van der Waals surface area contributed by atoms with Gasteiger partial charge in [0.05, 0.1) is 0 Å². The zero-order valence-corrected chi connectivity index (χ0v) is 7.80. The van der Waals surface area contributed by atoms with Gasteiger partial charge in [-0.15, -0.1) is 0 Å². The van der Waals surface area contributed by atoms with Crippen LogP contribution in [0.3, 0.4) is 0 Å². The van der Waals surface area contributed by atoms with E-state index in [1.165, 1.54) is 0 Å². The van der Waals surface area contributed by atoms with Crippen molar-refractivity contribution in [3.8, 4) is 0 Å². The fourth-order valence-corrected chi connectivity index (χ4v) is 1.09. The second-order valence-electron chi connectivity index (χ2n) is 3.97. The molecule has 3 heteroatoms. The molecule has 0 aromatic carbocycles. The summed E-state index contributed by atoms with van der Waals surface area (Å²) in [5.41, 5.74) is 0. The SMILES string of the molecule is CC(C)C(F)C(=O)N[C@@H]1C[C@H]1C. The van der Waals surface area contributed by atoms with Crippen LogP contribution in [0.1, 0.15) is 27.2 Å². The highest BCUT2D eigenvalue weighted by Crippen LogP contribution is 2.29. The summed E-state index contributed by atoms with van der Waals surface area (Å²) in [5, 5.41) is 2.67. The zero-order valence-electron chi connectivity index (χ0n) is 7.80. The summed E-state index contributed by atoms with van der Waals surface area (Å²) >= 11 is 0. The molecular formula is C9H16FNO. The summed E-state index contributed by atoms with van der Waals surface area (Å²) in [4.78, 5) is 11.1. The Labute approximate surface area is 72.5 Å². The van der Waals surface area contributed by atoms with Gasteiger partial charge in [-0.2, -0.15) is 0 Å². The molecule has 12 heavy (non-hydrogen) atoms. The Hall–Kier alpha value is -0.600. The van der Waals surface area contributed by atoms with Crippen molar-refractivity contribution in [1.29, 1.82) is 0 Å². The van der Waals surface area contributed by atoms with E-state index < -0.39 is 12.1 Å². The monoisotopic (exact) mass is 173 g/mol. The minimum absolute atomic E-state index is 0.223. The van der Waals surface area contributed by atoms with Crippen LogP contribution in [0, 0.1) is 11.8 Å². The Balaban J connectivity index is 2.28. The normalized spacial score (nSPS) is 30.1. The smallest absolute Gasteiger partial charge is 0.255 e. The van der Waals surface area contributed by atoms with E-state index in [4.69, 9.17) is 0 Å². The van der Waals surface area contributed by atoms with Gasteiger partial charge >= 0.3 is 0 Å². The molecule has 0 spiro atoms. The standard InChI is InChI=1S/C9H16FNO/c1-5(2)8(10)9(12)11-7-4-6(7)3/h5-8H,4H2,1-3H3,(H,11,12)/t6-,7-,8?/m1/s1. The summed E-state index contributed by atoms with van der Waals surface area (Å²) in [7, 11) is 0. The number of alkyl halides is 1. The van der Waals surface area contributed by atoms with E-state index in [2.05, 4.69) is 5.32 Å². The number of amides is 1. The number of carbonyl (C=O) groups excluding carboxylic acids is 1. The maximum absolute atomic E-state index is 13.0. The van der Waals surface area contributed by atoms with Crippen LogP contribution in [0.15, 0.2) is 0 Å². The van der Waals surface area contributed by atoms with Crippen molar-refractivity contribution >= 4 is 5.91 Å². The van der Waals surface area contributed by atoms with Crippen molar-refractivity contribution in [2.75, 3.05) is 0 Å². The molecule has 3 atom stereocenters. The minimum Gasteiger partial charge on any atom is -0.351 e. The number of rotatable bonds is 3. The fraction of sp³-hybridized carbons (Fsp3) is 0.889. The molecule has 1 aliphatic carbocycles. The molecule has 1 saturated carbocycles. The van der Waals surface area contributed by atoms with Crippen LogP contribution in [0.2, 0.25) is 0 Å². The molecule has 2 nitrogen and oxygen atoms in total. The van der Waals surface area contributed by atoms with E-state index in [0.717, 1.165) is 6.42 Å². The Morgan fingerprint density at radius 1 is 1.58 bits per heavy atom. The van der Waals surface area contributed by atoms with Crippen molar-refractivity contribution in [2.45, 2.75) is 39.4 Å². The summed E-state index contributed by atoms with van der Waals surface area (Å²) in [6, 6.07) is 0.231. The van der Waals surface area contributed by atoms with Crippen molar-refractivity contribution in [2.24, 2.45) is 11.8 Å². The average molecular weight is 173 g/mol. The Kier molecular flexibility index (Phi) is 2.70. The maximum Gasteiger partial charge on any atom is 0.255 e. The van der Waals surface area contributed by atoms with Gasteiger partial charge in [0, 0.05) is 6.04 Å². The van der Waals surface area contributed by atoms with E-state index in [1.54, 1.807) is 13.8 Å². The third-order valence-corrected chi connectivity index (χ3v) is 2.27. The van der Waals surface area contributed by atoms with Crippen molar-refractivity contribution < 1.29 is 9.18 Å². The molecule has 0 aliphatic heterocycles. The number of halogens is 1. The van der Waals surface area contributed by atoms with Gasteiger partial charge in [-0.25, -0.2) is 4.39 Å². The largest absolute Gasteiger partial charge is 0.351 e. The molecule has 0 heterocycles. The lowest BCUT2D eigenvalue weighted by molar-refractivity contribution is -0.127. The van der Waals surface area contributed by atoms with Gasteiger partial charge in [-0.1, -0.05) is 20.8 Å². The first-order valence-corrected chi connectivity index (χ1v) is 4.46. The second kappa shape index (κ2) is 3.42. The molecule has 1 N–H and O–H groups in total. The van der Waals surface area contributed by atoms with Gasteiger partial charge in [-0.3, -0.25) is 4.79 Å². The molecule has 1 aliphatic rings. The van der Waals surface area contributed by atoms with Crippen LogP contribution in [0.4, 0.5) is 4.39 Å². The first-order valence-electron chi connectivity index (χ1n) is 4.46. The van der Waals surface area contributed by atoms with Crippen LogP contribution in [-0.4, -0.2) is 18.1 Å². The quantitative estimate of drug-likeness (QED) is 0.688. The second-order valence-corrected chi connectivity index (χ2v) is 3.97. The third kappa shape index (κ3) is 2.19. The molecule has 0 bridgehead atoms. The molecule has 0 saturated heterocycles. The third-order valence-electron chi connectivity index (χ3n) is 2.27. The van der Waals surface area contributed by atoms with Gasteiger partial charge in [0.2, 0.25) is 0 Å². The van der Waals surface area contributed by atoms with E-state index in [0.29, 0.717) is 5.92 Å². The summed E-state index contributed by atoms with van der Waals surface area (Å²) < 4.78 is 13.0. The molecule has 70 valence electrons. The highest BCUT2D eigenvalue weighted by molar-refractivity contribution is 5.81. The predicted octanol–water partition coefficient (Wildman–Crippen LogP) is 1.51. The van der Waals surface area contributed by atoms with Crippen LogP contribution >= 0.6 is 0 Å². The van der Waals surface area contributed by atoms with Crippen molar-refractivity contribution in [3.63, 3.8) is 0 Å². The molecular weight excluding hydrogens is 157 g/mol. The van der Waals surface area contributed by atoms with E-state index in [-0.39, 0.29) is 12.0 Å².